The third kappa shape index (κ3) is 4.93. The first-order valence-corrected chi connectivity index (χ1v) is 12.4. The van der Waals surface area contributed by atoms with Crippen molar-refractivity contribution in [2.24, 2.45) is 0 Å². The fourth-order valence-electron chi connectivity index (χ4n) is 4.34. The zero-order valence-corrected chi connectivity index (χ0v) is 20.7. The van der Waals surface area contributed by atoms with Gasteiger partial charge in [0, 0.05) is 36.2 Å². The number of alkyl halides is 3. The molecule has 4 aromatic rings. The highest BCUT2D eigenvalue weighted by Crippen LogP contribution is 2.42. The Bertz CT molecular complexity index is 1420. The summed E-state index contributed by atoms with van der Waals surface area (Å²) in [5.41, 5.74) is 0.900. The van der Waals surface area contributed by atoms with Gasteiger partial charge in [-0.1, -0.05) is 35.1 Å². The molecule has 0 saturated carbocycles. The predicted octanol–water partition coefficient (Wildman–Crippen LogP) is 6.60. The molecule has 0 bridgehead atoms. The number of hydrogen-bond donors (Lipinski definition) is 2. The van der Waals surface area contributed by atoms with Crippen LogP contribution in [0.25, 0.3) is 22.6 Å². The summed E-state index contributed by atoms with van der Waals surface area (Å²) in [4.78, 5) is 6.81. The number of thiazole rings is 1. The Kier molecular flexibility index (Phi) is 6.67. The molecule has 0 aliphatic carbocycles. The predicted molar refractivity (Wildman–Crippen MR) is 136 cm³/mol. The summed E-state index contributed by atoms with van der Waals surface area (Å²) < 4.78 is 47.0. The molecule has 0 atom stereocenters. The van der Waals surface area contributed by atoms with E-state index in [0.717, 1.165) is 29.8 Å². The minimum atomic E-state index is -4.61. The molecule has 2 aromatic carbocycles. The second-order valence-corrected chi connectivity index (χ2v) is 9.94. The topological polar surface area (TPSA) is 74.3 Å². The van der Waals surface area contributed by atoms with Crippen LogP contribution in [0, 0.1) is 0 Å². The molecule has 2 N–H and O–H groups in total. The lowest BCUT2D eigenvalue weighted by molar-refractivity contribution is -0.137. The average Bonchev–Trinajstić information content (AvgIpc) is 3.48. The number of anilines is 1. The van der Waals surface area contributed by atoms with E-state index in [1.54, 1.807) is 25.4 Å². The van der Waals surface area contributed by atoms with Crippen LogP contribution in [0.4, 0.5) is 18.3 Å². The zero-order chi connectivity index (χ0) is 25.4. The van der Waals surface area contributed by atoms with Crippen LogP contribution >= 0.6 is 22.9 Å². The van der Waals surface area contributed by atoms with Crippen molar-refractivity contribution in [3.63, 3.8) is 0 Å². The Labute approximate surface area is 214 Å². The first kappa shape index (κ1) is 24.6. The summed E-state index contributed by atoms with van der Waals surface area (Å²) in [5.74, 6) is -0.232. The van der Waals surface area contributed by atoms with E-state index in [1.165, 1.54) is 29.5 Å². The average molecular weight is 535 g/mol. The van der Waals surface area contributed by atoms with E-state index in [4.69, 9.17) is 16.3 Å². The van der Waals surface area contributed by atoms with E-state index in [1.807, 2.05) is 6.07 Å². The van der Waals surface area contributed by atoms with Gasteiger partial charge in [0.15, 0.2) is 5.13 Å². The molecule has 188 valence electrons. The number of fused-ring (bicyclic) bond motifs is 1. The Morgan fingerprint density at radius 1 is 1.22 bits per heavy atom. The van der Waals surface area contributed by atoms with Crippen LogP contribution in [0.5, 0.6) is 5.88 Å². The van der Waals surface area contributed by atoms with E-state index < -0.39 is 11.7 Å². The van der Waals surface area contributed by atoms with Gasteiger partial charge in [0.05, 0.1) is 23.4 Å². The minimum Gasteiger partial charge on any atom is -0.492 e. The van der Waals surface area contributed by atoms with Crippen molar-refractivity contribution in [2.45, 2.75) is 25.1 Å². The molecule has 6 nitrogen and oxygen atoms in total. The van der Waals surface area contributed by atoms with E-state index in [-0.39, 0.29) is 22.6 Å². The third-order valence-electron chi connectivity index (χ3n) is 6.26. The number of H-pyrrole nitrogens is 1. The van der Waals surface area contributed by atoms with Gasteiger partial charge in [0.25, 0.3) is 0 Å². The van der Waals surface area contributed by atoms with Gasteiger partial charge in [0.1, 0.15) is 4.88 Å². The maximum atomic E-state index is 13.9. The van der Waals surface area contributed by atoms with E-state index in [2.05, 4.69) is 20.1 Å². The highest BCUT2D eigenvalue weighted by atomic mass is 35.5. The number of aromatic nitrogens is 3. The number of nitrogens with zero attached hydrogens (tertiary/aromatic N) is 3. The summed E-state index contributed by atoms with van der Waals surface area (Å²) >= 11 is 7.13. The van der Waals surface area contributed by atoms with Crippen molar-refractivity contribution in [1.29, 1.82) is 0 Å². The first-order valence-electron chi connectivity index (χ1n) is 11.2. The molecule has 5 rings (SSSR count). The molecule has 1 saturated heterocycles. The van der Waals surface area contributed by atoms with Crippen LogP contribution in [0.2, 0.25) is 5.02 Å². The van der Waals surface area contributed by atoms with Crippen molar-refractivity contribution in [2.75, 3.05) is 25.1 Å². The molecule has 1 aliphatic rings. The number of aromatic hydroxyl groups is 1. The second kappa shape index (κ2) is 9.76. The summed E-state index contributed by atoms with van der Waals surface area (Å²) in [6.45, 7) is 1.42. The highest BCUT2D eigenvalue weighted by molar-refractivity contribution is 7.17. The maximum Gasteiger partial charge on any atom is 0.417 e. The number of benzene rings is 2. The standard InChI is InChI=1S/C25H22ClF3N4O2S/c1-35-18-6-8-33(9-7-18)24-31-23(34)22(36-24)19(14-3-5-21-16(10-14)13-30-32-21)11-15-2-4-17(26)12-20(15)25(27,28)29/h2-5,10-13,18,34H,6-9H2,1H3,(H,30,32). The summed E-state index contributed by atoms with van der Waals surface area (Å²) in [7, 11) is 1.69. The number of hydrogen-bond acceptors (Lipinski definition) is 6. The molecular weight excluding hydrogens is 513 g/mol. The fraction of sp³-hybridized carbons (Fsp3) is 0.280. The SMILES string of the molecule is COC1CCN(c2nc(O)c(C(=Cc3ccc(Cl)cc3C(F)(F)F)c3ccc4[nH]ncc4c3)s2)CC1. The molecule has 1 aliphatic heterocycles. The van der Waals surface area contributed by atoms with Gasteiger partial charge in [-0.05, 0) is 54.3 Å². The first-order chi connectivity index (χ1) is 17.2. The van der Waals surface area contributed by atoms with Crippen molar-refractivity contribution in [1.82, 2.24) is 15.2 Å². The molecule has 2 aromatic heterocycles. The zero-order valence-electron chi connectivity index (χ0n) is 19.1. The van der Waals surface area contributed by atoms with Gasteiger partial charge in [0.2, 0.25) is 5.88 Å². The van der Waals surface area contributed by atoms with Crippen LogP contribution in [0.15, 0.2) is 42.6 Å². The van der Waals surface area contributed by atoms with Crippen LogP contribution < -0.4 is 4.90 Å². The number of halogens is 4. The lowest BCUT2D eigenvalue weighted by Crippen LogP contribution is -2.36. The number of aromatic amines is 1. The lowest BCUT2D eigenvalue weighted by Gasteiger charge is -2.30. The number of piperidine rings is 1. The molecule has 11 heteroatoms. The largest absolute Gasteiger partial charge is 0.492 e. The molecular formula is C25H22ClF3N4O2S. The van der Waals surface area contributed by atoms with Crippen molar-refractivity contribution in [3.8, 4) is 5.88 Å². The number of methoxy groups -OCH3 is 1. The molecule has 0 spiro atoms. The van der Waals surface area contributed by atoms with E-state index in [9.17, 15) is 18.3 Å². The van der Waals surface area contributed by atoms with Gasteiger partial charge in [-0.3, -0.25) is 5.10 Å². The summed E-state index contributed by atoms with van der Waals surface area (Å²) in [5, 5.41) is 19.1. The van der Waals surface area contributed by atoms with Crippen molar-refractivity contribution < 1.29 is 23.0 Å². The van der Waals surface area contributed by atoms with Gasteiger partial charge >= 0.3 is 6.18 Å². The maximum absolute atomic E-state index is 13.9. The number of ether oxygens (including phenoxy) is 1. The Hall–Kier alpha value is -3.08. The molecule has 1 fully saturated rings. The van der Waals surface area contributed by atoms with Crippen LogP contribution in [0.1, 0.15) is 34.4 Å². The van der Waals surface area contributed by atoms with Crippen molar-refractivity contribution in [3.05, 3.63) is 69.2 Å². The summed E-state index contributed by atoms with van der Waals surface area (Å²) in [6, 6.07) is 9.04. The normalized spacial score (nSPS) is 15.7. The highest BCUT2D eigenvalue weighted by Gasteiger charge is 2.33. The minimum absolute atomic E-state index is 0.0109. The van der Waals surface area contributed by atoms with Gasteiger partial charge in [-0.15, -0.1) is 0 Å². The fourth-order valence-corrected chi connectivity index (χ4v) is 5.56. The van der Waals surface area contributed by atoms with Crippen molar-refractivity contribution >= 4 is 50.6 Å². The van der Waals surface area contributed by atoms with Crippen LogP contribution in [-0.4, -0.2) is 46.6 Å². The lowest BCUT2D eigenvalue weighted by atomic mass is 9.98. The molecule has 0 radical (unpaired) electrons. The molecule has 36 heavy (non-hydrogen) atoms. The van der Waals surface area contributed by atoms with Gasteiger partial charge < -0.3 is 14.7 Å². The van der Waals surface area contributed by atoms with E-state index in [0.29, 0.717) is 34.2 Å². The molecule has 3 heterocycles. The van der Waals surface area contributed by atoms with Crippen LogP contribution in [0.3, 0.4) is 0 Å². The van der Waals surface area contributed by atoms with E-state index >= 15 is 0 Å². The smallest absolute Gasteiger partial charge is 0.417 e. The molecule has 0 unspecified atom stereocenters. The molecule has 0 amide bonds. The third-order valence-corrected chi connectivity index (χ3v) is 7.63. The summed E-state index contributed by atoms with van der Waals surface area (Å²) in [6.07, 6.45) is 0.282. The Balaban J connectivity index is 1.63. The van der Waals surface area contributed by atoms with Gasteiger partial charge in [-0.2, -0.15) is 23.3 Å². The number of rotatable bonds is 5. The Morgan fingerprint density at radius 3 is 2.72 bits per heavy atom. The second-order valence-electron chi connectivity index (χ2n) is 8.53. The number of nitrogens with one attached hydrogen (secondary N) is 1. The quantitative estimate of drug-likeness (QED) is 0.282. The monoisotopic (exact) mass is 534 g/mol. The van der Waals surface area contributed by atoms with Crippen LogP contribution in [-0.2, 0) is 10.9 Å². The van der Waals surface area contributed by atoms with Gasteiger partial charge in [-0.25, -0.2) is 0 Å². The Morgan fingerprint density at radius 2 is 2.00 bits per heavy atom.